The zero-order chi connectivity index (χ0) is 17.6. The molecule has 1 aliphatic carbocycles. The van der Waals surface area contributed by atoms with Crippen LogP contribution in [0.1, 0.15) is 24.7 Å². The van der Waals surface area contributed by atoms with Crippen molar-refractivity contribution in [2.45, 2.75) is 31.1 Å². The fourth-order valence-electron chi connectivity index (χ4n) is 3.34. The summed E-state index contributed by atoms with van der Waals surface area (Å²) in [7, 11) is -3.65. The van der Waals surface area contributed by atoms with Crippen molar-refractivity contribution < 1.29 is 12.8 Å². The summed E-state index contributed by atoms with van der Waals surface area (Å²) in [6, 6.07) is 11.5. The quantitative estimate of drug-likeness (QED) is 0.699. The molecule has 4 rings (SSSR count). The molecule has 1 heterocycles. The molecule has 1 atom stereocenters. The van der Waals surface area contributed by atoms with Gasteiger partial charge in [-0.2, -0.15) is 0 Å². The standard InChI is InChI=1S/C19H18ClNO3S/c1-12-2-8-18-16(10-12)17-11-14(5-9-19(17)24-18)21-25(22,23)15-6-3-13(20)4-7-15/h3-7,9,11-12,21H,2,8,10H2,1H3. The Kier molecular flexibility index (Phi) is 4.01. The Morgan fingerprint density at radius 3 is 2.68 bits per heavy atom. The second kappa shape index (κ2) is 6.07. The molecule has 2 aromatic carbocycles. The molecule has 1 aromatic heterocycles. The lowest BCUT2D eigenvalue weighted by molar-refractivity contribution is 0.438. The van der Waals surface area contributed by atoms with Crippen LogP contribution in [-0.2, 0) is 22.9 Å². The number of aryl methyl sites for hydroxylation is 1. The van der Waals surface area contributed by atoms with Crippen LogP contribution in [0, 0.1) is 5.92 Å². The molecule has 0 bridgehead atoms. The van der Waals surface area contributed by atoms with E-state index in [1.165, 1.54) is 17.7 Å². The lowest BCUT2D eigenvalue weighted by Crippen LogP contribution is -2.13. The van der Waals surface area contributed by atoms with Crippen molar-refractivity contribution in [1.29, 1.82) is 0 Å². The van der Waals surface area contributed by atoms with E-state index in [1.54, 1.807) is 18.2 Å². The minimum Gasteiger partial charge on any atom is -0.461 e. The Morgan fingerprint density at radius 2 is 1.92 bits per heavy atom. The molecular weight excluding hydrogens is 358 g/mol. The molecule has 6 heteroatoms. The highest BCUT2D eigenvalue weighted by Gasteiger charge is 2.22. The van der Waals surface area contributed by atoms with Crippen molar-refractivity contribution >= 4 is 38.3 Å². The molecule has 0 saturated heterocycles. The third-order valence-corrected chi connectivity index (χ3v) is 6.32. The molecular formula is C19H18ClNO3S. The second-order valence-electron chi connectivity index (χ2n) is 6.62. The van der Waals surface area contributed by atoms with Crippen LogP contribution in [-0.4, -0.2) is 8.42 Å². The highest BCUT2D eigenvalue weighted by atomic mass is 35.5. The first kappa shape index (κ1) is 16.5. The van der Waals surface area contributed by atoms with Gasteiger partial charge in [0.05, 0.1) is 4.90 Å². The van der Waals surface area contributed by atoms with Gasteiger partial charge in [-0.25, -0.2) is 8.42 Å². The Morgan fingerprint density at radius 1 is 1.16 bits per heavy atom. The van der Waals surface area contributed by atoms with Crippen molar-refractivity contribution in [3.8, 4) is 0 Å². The fourth-order valence-corrected chi connectivity index (χ4v) is 4.52. The molecule has 0 fully saturated rings. The van der Waals surface area contributed by atoms with Crippen molar-refractivity contribution in [1.82, 2.24) is 0 Å². The fraction of sp³-hybridized carbons (Fsp3) is 0.263. The van der Waals surface area contributed by atoms with Gasteiger partial charge in [-0.05, 0) is 61.2 Å². The Labute approximate surface area is 151 Å². The van der Waals surface area contributed by atoms with Gasteiger partial charge >= 0.3 is 0 Å². The zero-order valence-corrected chi connectivity index (χ0v) is 15.3. The maximum Gasteiger partial charge on any atom is 0.261 e. The van der Waals surface area contributed by atoms with E-state index < -0.39 is 10.0 Å². The first-order chi connectivity index (χ1) is 11.9. The highest BCUT2D eigenvalue weighted by molar-refractivity contribution is 7.92. The van der Waals surface area contributed by atoms with Gasteiger partial charge in [0.1, 0.15) is 11.3 Å². The summed E-state index contributed by atoms with van der Waals surface area (Å²) in [4.78, 5) is 0.180. The first-order valence-electron chi connectivity index (χ1n) is 8.25. The minimum atomic E-state index is -3.65. The van der Waals surface area contributed by atoms with E-state index in [9.17, 15) is 8.42 Å². The molecule has 1 aliphatic rings. The Balaban J connectivity index is 1.70. The molecule has 4 nitrogen and oxygen atoms in total. The average molecular weight is 376 g/mol. The number of sulfonamides is 1. The van der Waals surface area contributed by atoms with Crippen LogP contribution >= 0.6 is 11.6 Å². The number of nitrogens with one attached hydrogen (secondary N) is 1. The van der Waals surface area contributed by atoms with Gasteiger partial charge in [0.2, 0.25) is 0 Å². The van der Waals surface area contributed by atoms with Crippen LogP contribution in [0.2, 0.25) is 5.02 Å². The van der Waals surface area contributed by atoms with E-state index in [4.69, 9.17) is 16.0 Å². The topological polar surface area (TPSA) is 59.3 Å². The molecule has 0 amide bonds. The summed E-state index contributed by atoms with van der Waals surface area (Å²) in [5.74, 6) is 1.65. The van der Waals surface area contributed by atoms with E-state index >= 15 is 0 Å². The smallest absolute Gasteiger partial charge is 0.261 e. The molecule has 3 aromatic rings. The molecule has 1 unspecified atom stereocenters. The summed E-state index contributed by atoms with van der Waals surface area (Å²) in [6.07, 6.45) is 3.04. The van der Waals surface area contributed by atoms with E-state index in [0.29, 0.717) is 16.6 Å². The van der Waals surface area contributed by atoms with Crippen LogP contribution in [0.3, 0.4) is 0 Å². The van der Waals surface area contributed by atoms with E-state index in [1.807, 2.05) is 12.1 Å². The van der Waals surface area contributed by atoms with Gasteiger partial charge in [0, 0.05) is 28.1 Å². The van der Waals surface area contributed by atoms with Gasteiger partial charge in [-0.1, -0.05) is 18.5 Å². The maximum absolute atomic E-state index is 12.6. The van der Waals surface area contributed by atoms with Crippen LogP contribution in [0.15, 0.2) is 51.8 Å². The van der Waals surface area contributed by atoms with Gasteiger partial charge in [0.25, 0.3) is 10.0 Å². The summed E-state index contributed by atoms with van der Waals surface area (Å²) in [5, 5.41) is 1.50. The normalized spacial score (nSPS) is 17.4. The summed E-state index contributed by atoms with van der Waals surface area (Å²) < 4.78 is 33.7. The maximum atomic E-state index is 12.6. The third-order valence-electron chi connectivity index (χ3n) is 4.67. The number of hydrogen-bond acceptors (Lipinski definition) is 3. The summed E-state index contributed by atoms with van der Waals surface area (Å²) in [6.45, 7) is 2.23. The highest BCUT2D eigenvalue weighted by Crippen LogP contribution is 2.35. The van der Waals surface area contributed by atoms with Gasteiger partial charge < -0.3 is 4.42 Å². The number of halogens is 1. The van der Waals surface area contributed by atoms with Crippen molar-refractivity contribution in [3.05, 3.63) is 58.8 Å². The average Bonchev–Trinajstić information content (AvgIpc) is 2.92. The van der Waals surface area contributed by atoms with Gasteiger partial charge in [0.15, 0.2) is 0 Å². The molecule has 0 aliphatic heterocycles. The summed E-state index contributed by atoms with van der Waals surface area (Å²) in [5.41, 5.74) is 2.55. The lowest BCUT2D eigenvalue weighted by Gasteiger charge is -2.16. The Hall–Kier alpha value is -1.98. The van der Waals surface area contributed by atoms with Gasteiger partial charge in [-0.15, -0.1) is 0 Å². The molecule has 0 radical (unpaired) electrons. The molecule has 0 saturated carbocycles. The lowest BCUT2D eigenvalue weighted by atomic mass is 9.88. The molecule has 0 spiro atoms. The van der Waals surface area contributed by atoms with Gasteiger partial charge in [-0.3, -0.25) is 4.72 Å². The number of anilines is 1. The van der Waals surface area contributed by atoms with E-state index in [0.717, 1.165) is 36.0 Å². The van der Waals surface area contributed by atoms with E-state index in [2.05, 4.69) is 11.6 Å². The second-order valence-corrected chi connectivity index (χ2v) is 8.74. The number of furan rings is 1. The van der Waals surface area contributed by atoms with Crippen molar-refractivity contribution in [2.75, 3.05) is 4.72 Å². The van der Waals surface area contributed by atoms with E-state index in [-0.39, 0.29) is 4.90 Å². The van der Waals surface area contributed by atoms with Crippen molar-refractivity contribution in [3.63, 3.8) is 0 Å². The number of benzene rings is 2. The van der Waals surface area contributed by atoms with Crippen LogP contribution in [0.4, 0.5) is 5.69 Å². The predicted octanol–water partition coefficient (Wildman–Crippen LogP) is 5.01. The minimum absolute atomic E-state index is 0.180. The SMILES string of the molecule is CC1CCc2oc3ccc(NS(=O)(=O)c4ccc(Cl)cc4)cc3c2C1. The monoisotopic (exact) mass is 375 g/mol. The number of hydrogen-bond donors (Lipinski definition) is 1. The predicted molar refractivity (Wildman–Crippen MR) is 99.7 cm³/mol. The van der Waals surface area contributed by atoms with Crippen molar-refractivity contribution in [2.24, 2.45) is 5.92 Å². The third kappa shape index (κ3) is 3.14. The summed E-state index contributed by atoms with van der Waals surface area (Å²) >= 11 is 5.83. The largest absolute Gasteiger partial charge is 0.461 e. The Bertz CT molecular complexity index is 1040. The zero-order valence-electron chi connectivity index (χ0n) is 13.8. The molecule has 25 heavy (non-hydrogen) atoms. The number of rotatable bonds is 3. The van der Waals surface area contributed by atoms with Crippen LogP contribution in [0.25, 0.3) is 11.0 Å². The molecule has 1 N–H and O–H groups in total. The van der Waals surface area contributed by atoms with Crippen LogP contribution in [0.5, 0.6) is 0 Å². The number of fused-ring (bicyclic) bond motifs is 3. The van der Waals surface area contributed by atoms with Crippen LogP contribution < -0.4 is 4.72 Å². The molecule has 130 valence electrons. The first-order valence-corrected chi connectivity index (χ1v) is 10.1.